The molecule has 0 saturated carbocycles. The molecule has 1 heterocycles. The summed E-state index contributed by atoms with van der Waals surface area (Å²) in [7, 11) is 1.62. The Morgan fingerprint density at radius 1 is 1.00 bits per heavy atom. The van der Waals surface area contributed by atoms with Crippen molar-refractivity contribution in [3.05, 3.63) is 104 Å². The van der Waals surface area contributed by atoms with Crippen molar-refractivity contribution in [3.8, 4) is 5.75 Å². The van der Waals surface area contributed by atoms with E-state index in [1.165, 1.54) is 0 Å². The Labute approximate surface area is 257 Å². The van der Waals surface area contributed by atoms with Gasteiger partial charge in [0.25, 0.3) is 5.91 Å². The Morgan fingerprint density at radius 3 is 2.52 bits per heavy atom. The molecule has 7 nitrogen and oxygen atoms in total. The number of hydrogen-bond acceptors (Lipinski definition) is 6. The van der Waals surface area contributed by atoms with Gasteiger partial charge in [-0.2, -0.15) is 0 Å². The third-order valence-electron chi connectivity index (χ3n) is 6.05. The number of nitrogens with zero attached hydrogens (tertiary/aromatic N) is 2. The Kier molecular flexibility index (Phi) is 11.3. The minimum atomic E-state index is -0.849. The van der Waals surface area contributed by atoms with Gasteiger partial charge in [-0.05, 0) is 70.6 Å². The van der Waals surface area contributed by atoms with E-state index in [1.54, 1.807) is 54.5 Å². The van der Waals surface area contributed by atoms with E-state index in [2.05, 4.69) is 29.2 Å². The van der Waals surface area contributed by atoms with Gasteiger partial charge in [0.15, 0.2) is 6.04 Å². The lowest BCUT2D eigenvalue weighted by Crippen LogP contribution is -2.37. The molecule has 3 aromatic carbocycles. The molecule has 1 atom stereocenters. The summed E-state index contributed by atoms with van der Waals surface area (Å²) in [5, 5.41) is 1.12. The minimum absolute atomic E-state index is 0.148. The molecule has 0 spiro atoms. The lowest BCUT2D eigenvalue weighted by atomic mass is 10.1. The van der Waals surface area contributed by atoms with Crippen LogP contribution in [0.4, 0.5) is 5.69 Å². The monoisotopic (exact) mass is 694 g/mol. The summed E-state index contributed by atoms with van der Waals surface area (Å²) in [6, 6.07) is 17.4. The fourth-order valence-electron chi connectivity index (χ4n) is 4.11. The van der Waals surface area contributed by atoms with E-state index in [0.29, 0.717) is 71.5 Å². The predicted molar refractivity (Wildman–Crippen MR) is 167 cm³/mol. The van der Waals surface area contributed by atoms with Gasteiger partial charge < -0.3 is 23.8 Å². The van der Waals surface area contributed by atoms with Crippen molar-refractivity contribution in [2.24, 2.45) is 4.99 Å². The molecule has 0 bridgehead atoms. The number of carbonyl (C=O) groups is 1. The average Bonchev–Trinajstić information content (AvgIpc) is 3.06. The standard InChI is InChI=1S/C30H29Cl2IN2O5/c1-3-13-39-27-17-23(32)9-6-21(27)19-40-29-25-18-24(33)10-11-26(25)35(12-14-38-16-15-37-2)30(36)28(34-29)20-4-7-22(31)8-5-20/h3-11,17-18,28H,1,12-16,19H2,2H3. The second-order valence-corrected chi connectivity index (χ2v) is 10.9. The van der Waals surface area contributed by atoms with Crippen LogP contribution in [0.5, 0.6) is 5.75 Å². The molecule has 1 aliphatic rings. The minimum Gasteiger partial charge on any atom is -0.489 e. The molecule has 0 aromatic heterocycles. The maximum absolute atomic E-state index is 14.0. The van der Waals surface area contributed by atoms with Gasteiger partial charge >= 0.3 is 0 Å². The molecule has 0 N–H and O–H groups in total. The quantitative estimate of drug-likeness (QED) is 0.118. The van der Waals surface area contributed by atoms with Gasteiger partial charge in [-0.3, -0.25) is 4.79 Å². The smallest absolute Gasteiger partial charge is 0.256 e. The summed E-state index contributed by atoms with van der Waals surface area (Å²) >= 11 is 14.6. The van der Waals surface area contributed by atoms with Crippen LogP contribution in [0, 0.1) is 3.57 Å². The van der Waals surface area contributed by atoms with E-state index >= 15 is 0 Å². The SMILES string of the molecule is C=CCOc1cc(Cl)ccc1COC1=NC(c2ccc(Cl)cc2)C(=O)N(CCOCCOC)c2ccc(I)cc21. The zero-order valence-corrected chi connectivity index (χ0v) is 25.6. The lowest BCUT2D eigenvalue weighted by Gasteiger charge is -2.25. The van der Waals surface area contributed by atoms with Crippen LogP contribution >= 0.6 is 45.8 Å². The maximum atomic E-state index is 14.0. The fourth-order valence-corrected chi connectivity index (χ4v) is 4.89. The van der Waals surface area contributed by atoms with Crippen molar-refractivity contribution < 1.29 is 23.7 Å². The second kappa shape index (κ2) is 14.8. The Bertz CT molecular complexity index is 1370. The van der Waals surface area contributed by atoms with E-state index in [-0.39, 0.29) is 12.5 Å². The molecule has 0 saturated heterocycles. The number of rotatable bonds is 12. The van der Waals surface area contributed by atoms with Gasteiger partial charge in [0.2, 0.25) is 5.90 Å². The first kappa shape index (κ1) is 30.3. The Hall–Kier alpha value is -2.63. The molecule has 3 aromatic rings. The summed E-state index contributed by atoms with van der Waals surface area (Å²) in [5.41, 5.74) is 2.87. The van der Waals surface area contributed by atoms with E-state index in [9.17, 15) is 4.79 Å². The number of fused-ring (bicyclic) bond motifs is 1. The van der Waals surface area contributed by atoms with Crippen LogP contribution in [-0.2, 0) is 25.6 Å². The number of hydrogen-bond donors (Lipinski definition) is 0. The number of methoxy groups -OCH3 is 1. The zero-order valence-electron chi connectivity index (χ0n) is 21.9. The molecule has 0 radical (unpaired) electrons. The molecule has 0 aliphatic carbocycles. The highest BCUT2D eigenvalue weighted by Crippen LogP contribution is 2.34. The zero-order chi connectivity index (χ0) is 28.5. The summed E-state index contributed by atoms with van der Waals surface area (Å²) in [6.45, 7) is 5.75. The number of amides is 1. The molecular formula is C30H29Cl2IN2O5. The van der Waals surface area contributed by atoms with Crippen LogP contribution in [0.1, 0.15) is 22.7 Å². The molecule has 4 rings (SSSR count). The third kappa shape index (κ3) is 7.76. The van der Waals surface area contributed by atoms with Crippen molar-refractivity contribution in [2.75, 3.05) is 45.0 Å². The number of aliphatic imine (C=N–C) groups is 1. The van der Waals surface area contributed by atoms with Crippen molar-refractivity contribution >= 4 is 63.3 Å². The van der Waals surface area contributed by atoms with Crippen molar-refractivity contribution in [3.63, 3.8) is 0 Å². The lowest BCUT2D eigenvalue weighted by molar-refractivity contribution is -0.120. The Morgan fingerprint density at radius 2 is 1.77 bits per heavy atom. The fraction of sp³-hybridized carbons (Fsp3) is 0.267. The average molecular weight is 695 g/mol. The molecule has 210 valence electrons. The molecule has 10 heteroatoms. The molecule has 0 fully saturated rings. The van der Waals surface area contributed by atoms with Crippen LogP contribution < -0.4 is 9.64 Å². The van der Waals surface area contributed by atoms with Crippen LogP contribution in [0.15, 0.2) is 78.3 Å². The first-order chi connectivity index (χ1) is 19.4. The van der Waals surface area contributed by atoms with Gasteiger partial charge in [-0.1, -0.05) is 54.1 Å². The summed E-state index contributed by atoms with van der Waals surface area (Å²) < 4.78 is 23.9. The maximum Gasteiger partial charge on any atom is 0.256 e. The number of benzodiazepines with no additional fused rings is 1. The molecule has 1 aliphatic heterocycles. The van der Waals surface area contributed by atoms with Gasteiger partial charge in [-0.15, -0.1) is 0 Å². The predicted octanol–water partition coefficient (Wildman–Crippen LogP) is 6.88. The van der Waals surface area contributed by atoms with Crippen molar-refractivity contribution in [1.29, 1.82) is 0 Å². The van der Waals surface area contributed by atoms with Crippen LogP contribution in [-0.4, -0.2) is 51.9 Å². The number of halogens is 3. The summed E-state index contributed by atoms with van der Waals surface area (Å²) in [4.78, 5) is 20.6. The van der Waals surface area contributed by atoms with E-state index < -0.39 is 6.04 Å². The van der Waals surface area contributed by atoms with Crippen LogP contribution in [0.3, 0.4) is 0 Å². The van der Waals surface area contributed by atoms with Gasteiger partial charge in [-0.25, -0.2) is 4.99 Å². The van der Waals surface area contributed by atoms with Gasteiger partial charge in [0.05, 0.1) is 31.1 Å². The largest absolute Gasteiger partial charge is 0.489 e. The summed E-state index contributed by atoms with van der Waals surface area (Å²) in [6.07, 6.45) is 1.66. The van der Waals surface area contributed by atoms with Crippen LogP contribution in [0.25, 0.3) is 0 Å². The van der Waals surface area contributed by atoms with Gasteiger partial charge in [0.1, 0.15) is 19.0 Å². The third-order valence-corrected chi connectivity index (χ3v) is 7.21. The first-order valence-electron chi connectivity index (χ1n) is 12.6. The first-order valence-corrected chi connectivity index (χ1v) is 14.4. The summed E-state index contributed by atoms with van der Waals surface area (Å²) in [5.74, 6) is 0.735. The highest BCUT2D eigenvalue weighted by atomic mass is 127. The molecule has 1 unspecified atom stereocenters. The van der Waals surface area contributed by atoms with Crippen LogP contribution in [0.2, 0.25) is 10.0 Å². The highest BCUT2D eigenvalue weighted by Gasteiger charge is 2.33. The number of anilines is 1. The molecular weight excluding hydrogens is 666 g/mol. The van der Waals surface area contributed by atoms with E-state index in [1.807, 2.05) is 24.3 Å². The number of carbonyl (C=O) groups excluding carboxylic acids is 1. The van der Waals surface area contributed by atoms with E-state index in [4.69, 9.17) is 47.1 Å². The normalized spacial score (nSPS) is 14.8. The van der Waals surface area contributed by atoms with Gasteiger partial charge in [0, 0.05) is 32.8 Å². The van der Waals surface area contributed by atoms with E-state index in [0.717, 1.165) is 9.13 Å². The topological polar surface area (TPSA) is 69.6 Å². The number of benzene rings is 3. The second-order valence-electron chi connectivity index (χ2n) is 8.79. The van der Waals surface area contributed by atoms with Crippen molar-refractivity contribution in [2.45, 2.75) is 12.6 Å². The molecule has 40 heavy (non-hydrogen) atoms. The van der Waals surface area contributed by atoms with Crippen molar-refractivity contribution in [1.82, 2.24) is 0 Å². The highest BCUT2D eigenvalue weighted by molar-refractivity contribution is 14.1. The Balaban J connectivity index is 1.73. The number of ether oxygens (including phenoxy) is 4. The molecule has 1 amide bonds.